The van der Waals surface area contributed by atoms with Gasteiger partial charge in [-0.05, 0) is 21.8 Å². The number of rotatable bonds is 9. The summed E-state index contributed by atoms with van der Waals surface area (Å²) < 4.78 is 56.0. The van der Waals surface area contributed by atoms with Crippen molar-refractivity contribution in [2.24, 2.45) is 0 Å². The maximum absolute atomic E-state index is 11.7. The Labute approximate surface area is 182 Å². The lowest BCUT2D eigenvalue weighted by molar-refractivity contribution is 0.179. The van der Waals surface area contributed by atoms with Gasteiger partial charge in [-0.1, -0.05) is 93.5 Å². The summed E-state index contributed by atoms with van der Waals surface area (Å²) >= 11 is 0. The molecule has 2 aromatic rings. The van der Waals surface area contributed by atoms with E-state index in [0.29, 0.717) is 0 Å². The number of hydrogen-bond acceptors (Lipinski definition) is 3. The molecule has 0 radical (unpaired) electrons. The zero-order valence-corrected chi connectivity index (χ0v) is 17.8. The predicted molar refractivity (Wildman–Crippen MR) is 119 cm³/mol. The maximum Gasteiger partial charge on any atom is 0.404 e. The van der Waals surface area contributed by atoms with Gasteiger partial charge in [0.15, 0.2) is 1.41 Å². The van der Waals surface area contributed by atoms with Crippen molar-refractivity contribution < 1.29 is 27.7 Å². The van der Waals surface area contributed by atoms with Crippen LogP contribution in [0.3, 0.4) is 0 Å². The molecule has 0 aliphatic carbocycles. The number of amides is 1. The lowest BCUT2D eigenvalue weighted by atomic mass is 10.2. The molecular formula is C23H31NO4Si. The molecule has 0 spiro atoms. The first-order chi connectivity index (χ1) is 16.2. The molecular weight excluding hydrogens is 382 g/mol. The number of nitrogens with one attached hydrogen (secondary N) is 1. The van der Waals surface area contributed by atoms with Crippen LogP contribution in [0.2, 0.25) is 6.45 Å². The minimum Gasteiger partial charge on any atom is -0.465 e. The largest absolute Gasteiger partial charge is 0.465 e. The van der Waals surface area contributed by atoms with Crippen molar-refractivity contribution in [2.45, 2.75) is 38.2 Å². The van der Waals surface area contributed by atoms with Gasteiger partial charge in [0.25, 0.3) is 8.32 Å². The van der Waals surface area contributed by atoms with Crippen LogP contribution in [-0.2, 0) is 4.43 Å². The van der Waals surface area contributed by atoms with Crippen LogP contribution < -0.4 is 15.7 Å². The molecule has 1 amide bonds. The van der Waals surface area contributed by atoms with Crippen molar-refractivity contribution in [2.75, 3.05) is 13.2 Å². The van der Waals surface area contributed by atoms with E-state index in [1.165, 1.54) is 0 Å². The number of aliphatic hydroxyl groups excluding tert-OH is 1. The van der Waals surface area contributed by atoms with E-state index in [1.54, 1.807) is 0 Å². The highest BCUT2D eigenvalue weighted by molar-refractivity contribution is 6.99. The molecule has 0 heterocycles. The average molecular weight is 420 g/mol. The van der Waals surface area contributed by atoms with Crippen LogP contribution in [0.4, 0.5) is 4.79 Å². The molecule has 3 N–H and O–H groups in total. The van der Waals surface area contributed by atoms with E-state index in [9.17, 15) is 15.0 Å². The Bertz CT molecular complexity index is 1010. The molecule has 0 bridgehead atoms. The van der Waals surface area contributed by atoms with E-state index in [-0.39, 0.29) is 5.31 Å². The Morgan fingerprint density at radius 1 is 1.21 bits per heavy atom. The number of aliphatic hydroxyl groups is 1. The molecule has 0 saturated heterocycles. The first-order valence-electron chi connectivity index (χ1n) is 12.2. The quantitative estimate of drug-likeness (QED) is 0.431. The summed E-state index contributed by atoms with van der Waals surface area (Å²) in [7, 11) is -3.35. The van der Waals surface area contributed by atoms with E-state index in [2.05, 4.69) is 0 Å². The second-order valence-electron chi connectivity index (χ2n) is 7.38. The molecule has 2 rings (SSSR count). The van der Waals surface area contributed by atoms with E-state index in [1.807, 2.05) is 81.4 Å². The van der Waals surface area contributed by atoms with Gasteiger partial charge >= 0.3 is 6.09 Å². The summed E-state index contributed by atoms with van der Waals surface area (Å²) in [6.07, 6.45) is -5.07. The SMILES string of the molecule is [2H]/C(CO)=C(\[2H])C([2H])([2H])[C@@]([2H])(CO[Si](c1ccccc1)(c1ccccc1)C(C)(C)C)N([2H])C(=O)O. The zero-order valence-electron chi connectivity index (χ0n) is 22.8. The van der Waals surface area contributed by atoms with Crippen LogP contribution in [0.15, 0.2) is 72.8 Å². The molecule has 2 aromatic carbocycles. The van der Waals surface area contributed by atoms with E-state index in [4.69, 9.17) is 12.7 Å². The van der Waals surface area contributed by atoms with Gasteiger partial charge in [0, 0.05) is 2.74 Å². The lowest BCUT2D eigenvalue weighted by Crippen LogP contribution is -2.67. The molecule has 1 atom stereocenters. The van der Waals surface area contributed by atoms with Gasteiger partial charge in [0.05, 0.1) is 23.3 Å². The van der Waals surface area contributed by atoms with Crippen LogP contribution in [0.1, 0.15) is 34.0 Å². The lowest BCUT2D eigenvalue weighted by Gasteiger charge is -2.43. The van der Waals surface area contributed by atoms with Crippen molar-refractivity contribution in [3.63, 3.8) is 0 Å². The fourth-order valence-electron chi connectivity index (χ4n) is 3.31. The highest BCUT2D eigenvalue weighted by Gasteiger charge is 2.50. The second-order valence-corrected chi connectivity index (χ2v) is 11.7. The van der Waals surface area contributed by atoms with Gasteiger partial charge in [-0.25, -0.2) is 4.79 Å². The average Bonchev–Trinajstić information content (AvgIpc) is 2.82. The monoisotopic (exact) mass is 419 g/mol. The third kappa shape index (κ3) is 5.79. The highest BCUT2D eigenvalue weighted by atomic mass is 28.4. The van der Waals surface area contributed by atoms with Crippen molar-refractivity contribution in [1.29, 1.82) is 0 Å². The van der Waals surface area contributed by atoms with Gasteiger partial charge in [-0.3, -0.25) is 0 Å². The number of hydrogen-bond donors (Lipinski definition) is 3. The summed E-state index contributed by atoms with van der Waals surface area (Å²) in [5.41, 5.74) is 0. The van der Waals surface area contributed by atoms with Gasteiger partial charge in [0.2, 0.25) is 0 Å². The number of benzene rings is 2. The zero-order chi connectivity index (χ0) is 26.7. The summed E-state index contributed by atoms with van der Waals surface area (Å²) in [5.74, 6) is 0. The Balaban J connectivity index is 2.78. The second kappa shape index (κ2) is 10.4. The molecule has 0 aliphatic rings. The minimum absolute atomic E-state index is 0.288. The Hall–Kier alpha value is -2.41. The molecule has 5 nitrogen and oxygen atoms in total. The van der Waals surface area contributed by atoms with Crippen LogP contribution in [0, 0.1) is 0 Å². The van der Waals surface area contributed by atoms with Gasteiger partial charge in [-0.15, -0.1) is 0 Å². The topological polar surface area (TPSA) is 78.8 Å². The predicted octanol–water partition coefficient (Wildman–Crippen LogP) is 3.14. The smallest absolute Gasteiger partial charge is 0.404 e. The summed E-state index contributed by atoms with van der Waals surface area (Å²) in [6.45, 7) is 3.95. The fourth-order valence-corrected chi connectivity index (χ4v) is 7.81. The molecule has 0 unspecified atom stereocenters. The van der Waals surface area contributed by atoms with Crippen molar-refractivity contribution in [1.82, 2.24) is 5.31 Å². The summed E-state index contributed by atoms with van der Waals surface area (Å²) in [4.78, 5) is 11.7. The first-order valence-corrected chi connectivity index (χ1v) is 11.1. The van der Waals surface area contributed by atoms with E-state index in [0.717, 1.165) is 10.4 Å². The van der Waals surface area contributed by atoms with Gasteiger partial charge in [-0.2, -0.15) is 0 Å². The number of carbonyl (C=O) groups is 1. The third-order valence-electron chi connectivity index (χ3n) is 4.45. The third-order valence-corrected chi connectivity index (χ3v) is 9.43. The Morgan fingerprint density at radius 2 is 1.72 bits per heavy atom. The number of carboxylic acid groups (broad SMARTS) is 1. The van der Waals surface area contributed by atoms with Crippen LogP contribution in [0.25, 0.3) is 0 Å². The van der Waals surface area contributed by atoms with Crippen LogP contribution in [0.5, 0.6) is 0 Å². The molecule has 0 saturated carbocycles. The van der Waals surface area contributed by atoms with Gasteiger partial charge < -0.3 is 19.9 Å². The fraction of sp³-hybridized carbons (Fsp3) is 0.348. The van der Waals surface area contributed by atoms with Gasteiger partial charge in [0.1, 0.15) is 0 Å². The summed E-state index contributed by atoms with van der Waals surface area (Å²) in [5, 5.41) is 19.5. The van der Waals surface area contributed by atoms with E-state index >= 15 is 0 Å². The van der Waals surface area contributed by atoms with Crippen molar-refractivity contribution in [3.05, 3.63) is 72.8 Å². The molecule has 0 aliphatic heterocycles. The van der Waals surface area contributed by atoms with Crippen molar-refractivity contribution >= 4 is 24.8 Å². The standard InChI is InChI=1S/C23H31NO4Si/c1-23(2,3)29(20-13-6-4-7-14-20,21-15-8-5-9-16-21)28-18-19(24-22(26)27)12-10-11-17-25/h4-11,13-16,19,24-25H,12,17-18H2,1-3H3,(H,26,27)/b11-10-/t19-/m0/s1/i10D,11D,12D2,19D/hD. The van der Waals surface area contributed by atoms with Crippen LogP contribution in [-0.4, -0.2) is 43.9 Å². The normalized spacial score (nSPS) is 18.6. The molecule has 0 fully saturated rings. The molecule has 156 valence electrons. The Morgan fingerprint density at radius 3 is 2.14 bits per heavy atom. The maximum atomic E-state index is 11.7. The summed E-state index contributed by atoms with van der Waals surface area (Å²) in [6, 6.07) is 13.6. The van der Waals surface area contributed by atoms with E-state index < -0.39 is 57.2 Å². The molecule has 0 aromatic heterocycles. The van der Waals surface area contributed by atoms with Crippen molar-refractivity contribution in [3.8, 4) is 0 Å². The first kappa shape index (κ1) is 15.4. The Kier molecular flexibility index (Phi) is 5.53. The van der Waals surface area contributed by atoms with Crippen LogP contribution >= 0.6 is 0 Å². The molecule has 6 heteroatoms. The minimum atomic E-state index is -3.35. The molecule has 29 heavy (non-hydrogen) atoms. The highest BCUT2D eigenvalue weighted by Crippen LogP contribution is 2.36.